The number of carbonyl (C=O) groups is 2. The highest BCUT2D eigenvalue weighted by Gasteiger charge is 2.43. The fraction of sp³-hybridized carbons (Fsp3) is 0.500. The average molecular weight is 558 g/mol. The van der Waals surface area contributed by atoms with Crippen molar-refractivity contribution in [2.24, 2.45) is 0 Å². The van der Waals surface area contributed by atoms with Crippen LogP contribution in [0.15, 0.2) is 42.0 Å². The number of aliphatic carboxylic acids is 2. The van der Waals surface area contributed by atoms with Crippen molar-refractivity contribution in [1.82, 2.24) is 9.88 Å². The molecule has 2 aromatic heterocycles. The van der Waals surface area contributed by atoms with Crippen LogP contribution in [0.2, 0.25) is 0 Å². The predicted octanol–water partition coefficient (Wildman–Crippen LogP) is 4.61. The molecule has 8 nitrogen and oxygen atoms in total. The van der Waals surface area contributed by atoms with Gasteiger partial charge < -0.3 is 19.7 Å². The molecule has 37 heavy (non-hydrogen) atoms. The Balaban J connectivity index is 0.000000286. The topological polar surface area (TPSA) is 109 Å². The van der Waals surface area contributed by atoms with Crippen molar-refractivity contribution in [2.45, 2.75) is 49.9 Å². The lowest BCUT2D eigenvalue weighted by Gasteiger charge is -2.38. The molecule has 0 saturated carbocycles. The van der Waals surface area contributed by atoms with E-state index >= 15 is 0 Å². The molecule has 0 radical (unpaired) electrons. The second kappa shape index (κ2) is 13.1. The van der Waals surface area contributed by atoms with Gasteiger partial charge in [0.2, 0.25) is 0 Å². The minimum Gasteiger partial charge on any atom is -0.486 e. The van der Waals surface area contributed by atoms with Crippen LogP contribution in [-0.2, 0) is 20.9 Å². The Morgan fingerprint density at radius 1 is 1.08 bits per heavy atom. The minimum atomic E-state index is -5.08. The number of hydrogen-bond acceptors (Lipinski definition) is 7. The van der Waals surface area contributed by atoms with E-state index in [4.69, 9.17) is 29.3 Å². The Bertz CT molecular complexity index is 956. The first-order chi connectivity index (χ1) is 17.2. The Hall–Kier alpha value is -2.91. The monoisotopic (exact) mass is 558 g/mol. The molecule has 4 rings (SSSR count). The number of thiophene rings is 1. The molecule has 2 fully saturated rings. The van der Waals surface area contributed by atoms with E-state index in [1.807, 2.05) is 23.5 Å². The van der Waals surface area contributed by atoms with Gasteiger partial charge in [0, 0.05) is 37.1 Å². The predicted molar refractivity (Wildman–Crippen MR) is 118 cm³/mol. The molecule has 2 N–H and O–H groups in total. The third-order valence-corrected chi connectivity index (χ3v) is 6.19. The summed E-state index contributed by atoms with van der Waals surface area (Å²) in [5, 5.41) is 16.4. The molecule has 4 heterocycles. The first kappa shape index (κ1) is 30.3. The fourth-order valence-electron chi connectivity index (χ4n) is 3.58. The number of likely N-dealkylation sites (tertiary alicyclic amines) is 1. The summed E-state index contributed by atoms with van der Waals surface area (Å²) in [6.45, 7) is 3.98. The highest BCUT2D eigenvalue weighted by Crippen LogP contribution is 2.37. The van der Waals surface area contributed by atoms with Crippen molar-refractivity contribution in [3.63, 3.8) is 0 Å². The molecule has 0 amide bonds. The highest BCUT2D eigenvalue weighted by atomic mass is 32.1. The summed E-state index contributed by atoms with van der Waals surface area (Å²) in [6, 6.07) is 8.22. The maximum Gasteiger partial charge on any atom is 0.490 e. The summed E-state index contributed by atoms with van der Waals surface area (Å²) >= 11 is 1.84. The van der Waals surface area contributed by atoms with Crippen LogP contribution in [0.5, 0.6) is 5.75 Å². The molecule has 2 aliphatic heterocycles. The average Bonchev–Trinajstić information content (AvgIpc) is 3.46. The number of piperidine rings is 1. The van der Waals surface area contributed by atoms with Crippen LogP contribution < -0.4 is 4.74 Å². The van der Waals surface area contributed by atoms with Gasteiger partial charge in [0.25, 0.3) is 0 Å². The van der Waals surface area contributed by atoms with E-state index in [-0.39, 0.29) is 11.7 Å². The number of hydrogen-bond donors (Lipinski definition) is 2. The van der Waals surface area contributed by atoms with Gasteiger partial charge in [-0.15, -0.1) is 11.3 Å². The third-order valence-electron chi connectivity index (χ3n) is 5.32. The smallest absolute Gasteiger partial charge is 0.486 e. The summed E-state index contributed by atoms with van der Waals surface area (Å²) in [4.78, 5) is 25.9. The van der Waals surface area contributed by atoms with Crippen LogP contribution in [0.1, 0.15) is 24.1 Å². The van der Waals surface area contributed by atoms with Gasteiger partial charge in [0.15, 0.2) is 0 Å². The van der Waals surface area contributed by atoms with Crippen LogP contribution in [0.4, 0.5) is 26.3 Å². The molecule has 2 saturated heterocycles. The van der Waals surface area contributed by atoms with Crippen molar-refractivity contribution in [3.05, 3.63) is 46.9 Å². The van der Waals surface area contributed by atoms with E-state index in [0.717, 1.165) is 44.6 Å². The van der Waals surface area contributed by atoms with Crippen molar-refractivity contribution < 1.29 is 55.6 Å². The second-order valence-corrected chi connectivity index (χ2v) is 9.12. The van der Waals surface area contributed by atoms with Crippen molar-refractivity contribution in [3.8, 4) is 5.75 Å². The summed E-state index contributed by atoms with van der Waals surface area (Å²) in [5.41, 5.74) is 0.0266. The Kier molecular flexibility index (Phi) is 10.7. The standard InChI is InChI=1S/C18H22N2O2S.2C2HF3O2/c1-3-15(12-19-7-1)22-16-11-18(21-14-16)5-8-20(9-6-18)13-17-4-2-10-23-17;2*3-2(4,5)1(6)7/h1-4,7,10,12,16H,5-6,8-9,11,13-14H2;2*(H,6,7). The number of aromatic nitrogens is 1. The molecule has 1 spiro atoms. The lowest BCUT2D eigenvalue weighted by Crippen LogP contribution is -2.43. The third kappa shape index (κ3) is 10.5. The van der Waals surface area contributed by atoms with Crippen molar-refractivity contribution in [1.29, 1.82) is 0 Å². The van der Waals surface area contributed by atoms with Crippen LogP contribution in [0.3, 0.4) is 0 Å². The maximum absolute atomic E-state index is 10.6. The number of ether oxygens (including phenoxy) is 2. The van der Waals surface area contributed by atoms with E-state index in [1.54, 1.807) is 12.4 Å². The zero-order valence-electron chi connectivity index (χ0n) is 19.2. The quantitative estimate of drug-likeness (QED) is 0.524. The molecular formula is C22H24F6N2O6S. The Labute approximate surface area is 211 Å². The fourth-order valence-corrected chi connectivity index (χ4v) is 4.32. The van der Waals surface area contributed by atoms with Crippen LogP contribution in [0.25, 0.3) is 0 Å². The van der Waals surface area contributed by atoms with E-state index in [1.165, 1.54) is 4.88 Å². The van der Waals surface area contributed by atoms with Crippen molar-refractivity contribution in [2.75, 3.05) is 19.7 Å². The number of halogens is 6. The van der Waals surface area contributed by atoms with Gasteiger partial charge in [0.05, 0.1) is 18.4 Å². The molecule has 1 atom stereocenters. The van der Waals surface area contributed by atoms with Crippen LogP contribution in [0, 0.1) is 0 Å². The molecule has 0 aromatic carbocycles. The largest absolute Gasteiger partial charge is 0.490 e. The summed E-state index contributed by atoms with van der Waals surface area (Å²) in [6.07, 6.45) is -3.27. The van der Waals surface area contributed by atoms with E-state index in [2.05, 4.69) is 27.4 Å². The lowest BCUT2D eigenvalue weighted by molar-refractivity contribution is -0.193. The molecule has 0 bridgehead atoms. The maximum atomic E-state index is 10.6. The molecule has 0 aliphatic carbocycles. The van der Waals surface area contributed by atoms with Crippen LogP contribution in [-0.4, -0.2) is 75.8 Å². The zero-order valence-corrected chi connectivity index (χ0v) is 20.0. The number of rotatable bonds is 4. The molecule has 1 unspecified atom stereocenters. The number of carboxylic acids is 2. The van der Waals surface area contributed by atoms with E-state index < -0.39 is 24.3 Å². The number of carboxylic acid groups (broad SMARTS) is 2. The van der Waals surface area contributed by atoms with Gasteiger partial charge in [-0.05, 0) is 36.4 Å². The van der Waals surface area contributed by atoms with E-state index in [0.29, 0.717) is 6.61 Å². The molecule has 206 valence electrons. The van der Waals surface area contributed by atoms with Gasteiger partial charge in [-0.1, -0.05) is 6.07 Å². The normalized spacial score (nSPS) is 19.2. The zero-order chi connectivity index (χ0) is 27.7. The van der Waals surface area contributed by atoms with Gasteiger partial charge in [0.1, 0.15) is 11.9 Å². The first-order valence-electron chi connectivity index (χ1n) is 10.8. The lowest BCUT2D eigenvalue weighted by atomic mass is 9.88. The molecular weight excluding hydrogens is 534 g/mol. The molecule has 15 heteroatoms. The summed E-state index contributed by atoms with van der Waals surface area (Å²) in [5.74, 6) is -4.67. The van der Waals surface area contributed by atoms with Crippen LogP contribution >= 0.6 is 11.3 Å². The summed E-state index contributed by atoms with van der Waals surface area (Å²) < 4.78 is 75.7. The van der Waals surface area contributed by atoms with Crippen molar-refractivity contribution >= 4 is 23.3 Å². The number of pyridine rings is 1. The Morgan fingerprint density at radius 3 is 2.14 bits per heavy atom. The summed E-state index contributed by atoms with van der Waals surface area (Å²) in [7, 11) is 0. The molecule has 2 aliphatic rings. The number of alkyl halides is 6. The first-order valence-corrected chi connectivity index (χ1v) is 11.6. The van der Waals surface area contributed by atoms with Gasteiger partial charge in [-0.2, -0.15) is 26.3 Å². The minimum absolute atomic E-state index is 0.0266. The second-order valence-electron chi connectivity index (χ2n) is 8.09. The van der Waals surface area contributed by atoms with Gasteiger partial charge in [-0.3, -0.25) is 9.88 Å². The van der Waals surface area contributed by atoms with E-state index in [9.17, 15) is 26.3 Å². The van der Waals surface area contributed by atoms with Gasteiger partial charge in [-0.25, -0.2) is 9.59 Å². The van der Waals surface area contributed by atoms with Gasteiger partial charge >= 0.3 is 24.3 Å². The molecule has 2 aromatic rings. The SMILES string of the molecule is O=C(O)C(F)(F)F.O=C(O)C(F)(F)F.c1cncc(OC2COC3(CCN(Cc4cccs4)CC3)C2)c1. The number of nitrogens with zero attached hydrogens (tertiary/aromatic N) is 2. The Morgan fingerprint density at radius 2 is 1.68 bits per heavy atom. The highest BCUT2D eigenvalue weighted by molar-refractivity contribution is 7.09.